The second-order valence-electron chi connectivity index (χ2n) is 23.0. The number of hydrogen-bond donors (Lipinski definition) is 4. The second-order valence-corrected chi connectivity index (χ2v) is 23.0. The lowest BCUT2D eigenvalue weighted by Gasteiger charge is -2.36. The summed E-state index contributed by atoms with van der Waals surface area (Å²) < 4.78 is 28.9. The average molecular weight is 1240 g/mol. The molecule has 1 saturated heterocycles. The van der Waals surface area contributed by atoms with Gasteiger partial charge in [-0.05, 0) is 104 Å². The Morgan fingerprint density at radius 2 is 1.30 bits per heavy atom. The number of allylic oxidation sites excluding steroid dienone is 1. The maximum absolute atomic E-state index is 14.9. The fraction of sp³-hybridized carbons (Fsp3) is 0.397. The van der Waals surface area contributed by atoms with E-state index < -0.39 is 109 Å². The number of aryl methyl sites for hydroxylation is 1. The van der Waals surface area contributed by atoms with Gasteiger partial charge >= 0.3 is 11.9 Å². The van der Waals surface area contributed by atoms with Crippen LogP contribution >= 0.6 is 0 Å². The van der Waals surface area contributed by atoms with Crippen molar-refractivity contribution < 1.29 is 71.9 Å². The molecule has 1 fully saturated rings. The summed E-state index contributed by atoms with van der Waals surface area (Å²) in [7, 11) is 7.46. The van der Waals surface area contributed by atoms with Crippen LogP contribution in [0.3, 0.4) is 0 Å². The summed E-state index contributed by atoms with van der Waals surface area (Å²) in [6, 6.07) is 31.3. The number of amides is 6. The first-order chi connectivity index (χ1) is 43.1. The Balaban J connectivity index is 1.21. The number of Topliss-reactive ketones (excluding diaryl/α,β-unsaturated/α-hetero) is 1. The maximum Gasteiger partial charge on any atom is 0.330 e. The quantitative estimate of drug-likeness (QED) is 0.103. The van der Waals surface area contributed by atoms with Crippen LogP contribution in [0.15, 0.2) is 140 Å². The van der Waals surface area contributed by atoms with Crippen LogP contribution in [0.2, 0.25) is 0 Å². The van der Waals surface area contributed by atoms with Gasteiger partial charge in [-0.25, -0.2) is 9.59 Å². The Labute approximate surface area is 524 Å². The third-order valence-electron chi connectivity index (χ3n) is 15.7. The van der Waals surface area contributed by atoms with Crippen molar-refractivity contribution in [2.75, 3.05) is 81.3 Å². The molecule has 0 spiro atoms. The normalized spacial score (nSPS) is 21.1. The topological polar surface area (TPSA) is 269 Å². The fourth-order valence-corrected chi connectivity index (χ4v) is 10.4. The summed E-state index contributed by atoms with van der Waals surface area (Å²) >= 11 is 0. The number of piperazine rings is 1. The molecule has 5 aromatic rings. The molecular weight excluding hydrogens is 1150 g/mol. The molecule has 0 aliphatic carbocycles. The molecular formula is C68H81N7O15. The van der Waals surface area contributed by atoms with Gasteiger partial charge in [-0.3, -0.25) is 33.6 Å². The molecule has 0 radical (unpaired) electrons. The molecule has 22 heteroatoms. The number of rotatable bonds is 11. The van der Waals surface area contributed by atoms with Gasteiger partial charge in [-0.1, -0.05) is 97.1 Å². The van der Waals surface area contributed by atoms with E-state index in [9.17, 15) is 48.3 Å². The third kappa shape index (κ3) is 19.2. The SMILES string of the molecule is COc1ccc(CC[C@H]2OC(=O)[C@@H]3CNCCN3C(=O)C(=O)C(C)(C)COC(=O)C=CCCCN(C)C(=O)[C@@H](Cc3ccccc3)NC(=O)CN(C)C(=O)[C@@H](Cc3ccccc3)NC(=O)[C@H](Cc3ccc(O)cc3)N(C)C(=O)COc3cccc2c3)cc1OC. The van der Waals surface area contributed by atoms with Gasteiger partial charge in [-0.15, -0.1) is 0 Å². The zero-order valence-corrected chi connectivity index (χ0v) is 52.0. The van der Waals surface area contributed by atoms with Crippen LogP contribution in [0.1, 0.15) is 67.0 Å². The van der Waals surface area contributed by atoms with Crippen LogP contribution in [0.25, 0.3) is 0 Å². The van der Waals surface area contributed by atoms with E-state index in [0.717, 1.165) is 16.0 Å². The van der Waals surface area contributed by atoms with E-state index in [-0.39, 0.29) is 63.4 Å². The summed E-state index contributed by atoms with van der Waals surface area (Å²) in [6.07, 6.45) is 3.09. The number of carbonyl (C=O) groups is 9. The first-order valence-electron chi connectivity index (χ1n) is 29.9. The molecule has 7 rings (SSSR count). The number of esters is 2. The van der Waals surface area contributed by atoms with E-state index in [0.29, 0.717) is 47.5 Å². The minimum atomic E-state index is -1.51. The van der Waals surface area contributed by atoms with Gasteiger partial charge in [0.1, 0.15) is 48.4 Å². The first-order valence-corrected chi connectivity index (χ1v) is 29.9. The highest BCUT2D eigenvalue weighted by molar-refractivity contribution is 6.38. The number of phenols is 1. The number of ketones is 1. The van der Waals surface area contributed by atoms with Gasteiger partial charge < -0.3 is 64.3 Å². The molecule has 2 aliphatic rings. The fourth-order valence-electron chi connectivity index (χ4n) is 10.4. The number of aromatic hydroxyl groups is 1. The largest absolute Gasteiger partial charge is 0.508 e. The number of carbonyl (C=O) groups excluding carboxylic acids is 9. The van der Waals surface area contributed by atoms with Crippen LogP contribution in [-0.4, -0.2) is 183 Å². The minimum absolute atomic E-state index is 0.00687. The molecule has 5 aromatic carbocycles. The Morgan fingerprint density at radius 3 is 1.97 bits per heavy atom. The lowest BCUT2D eigenvalue weighted by atomic mass is 9.88. The van der Waals surface area contributed by atoms with Crippen molar-refractivity contribution in [1.29, 1.82) is 0 Å². The summed E-state index contributed by atoms with van der Waals surface area (Å²) in [6.45, 7) is 1.81. The summed E-state index contributed by atoms with van der Waals surface area (Å²) in [5.74, 6) is -5.34. The summed E-state index contributed by atoms with van der Waals surface area (Å²) in [5.41, 5.74) is 1.76. The maximum atomic E-state index is 14.9. The number of nitrogens with one attached hydrogen (secondary N) is 3. The van der Waals surface area contributed by atoms with Gasteiger partial charge in [0.15, 0.2) is 18.1 Å². The Bertz CT molecular complexity index is 3340. The summed E-state index contributed by atoms with van der Waals surface area (Å²) in [4.78, 5) is 133. The minimum Gasteiger partial charge on any atom is -0.508 e. The molecule has 0 saturated carbocycles. The monoisotopic (exact) mass is 1240 g/mol. The van der Waals surface area contributed by atoms with Crippen LogP contribution in [0.4, 0.5) is 0 Å². The average Bonchev–Trinajstić information content (AvgIpc) is 1.01. The lowest BCUT2D eigenvalue weighted by Crippen LogP contribution is -2.60. The predicted octanol–water partition coefficient (Wildman–Crippen LogP) is 4.74. The van der Waals surface area contributed by atoms with Gasteiger partial charge in [0.25, 0.3) is 11.8 Å². The van der Waals surface area contributed by atoms with E-state index in [1.165, 1.54) is 75.1 Å². The van der Waals surface area contributed by atoms with Crippen molar-refractivity contribution in [3.8, 4) is 23.0 Å². The molecule has 0 unspecified atom stereocenters. The molecule has 5 atom stereocenters. The van der Waals surface area contributed by atoms with Crippen LogP contribution < -0.4 is 30.2 Å². The zero-order chi connectivity index (χ0) is 64.9. The number of methoxy groups -OCH3 is 2. The first kappa shape index (κ1) is 67.9. The Kier molecular flexibility index (Phi) is 24.6. The Morgan fingerprint density at radius 1 is 0.667 bits per heavy atom. The molecule has 2 bridgehead atoms. The van der Waals surface area contributed by atoms with Gasteiger partial charge in [0.05, 0.1) is 26.2 Å². The van der Waals surface area contributed by atoms with Crippen molar-refractivity contribution in [2.45, 2.75) is 89.1 Å². The zero-order valence-electron chi connectivity index (χ0n) is 52.0. The molecule has 2 heterocycles. The molecule has 478 valence electrons. The smallest absolute Gasteiger partial charge is 0.330 e. The number of hydrogen-bond acceptors (Lipinski definition) is 16. The van der Waals surface area contributed by atoms with Crippen molar-refractivity contribution in [3.63, 3.8) is 0 Å². The van der Waals surface area contributed by atoms with E-state index in [4.69, 9.17) is 23.7 Å². The molecule has 22 nitrogen and oxygen atoms in total. The highest BCUT2D eigenvalue weighted by Crippen LogP contribution is 2.32. The predicted molar refractivity (Wildman–Crippen MR) is 333 cm³/mol. The highest BCUT2D eigenvalue weighted by atomic mass is 16.5. The highest BCUT2D eigenvalue weighted by Gasteiger charge is 2.43. The van der Waals surface area contributed by atoms with Crippen LogP contribution in [0, 0.1) is 5.41 Å². The van der Waals surface area contributed by atoms with E-state index >= 15 is 0 Å². The molecule has 0 aromatic heterocycles. The van der Waals surface area contributed by atoms with Gasteiger partial charge in [-0.2, -0.15) is 0 Å². The molecule has 2 aliphatic heterocycles. The standard InChI is InChI=1S/C68H81N7O15/c1-68(2)44-89-61(79)24-15-10-16-34-72(3)64(82)52(36-45-18-11-8-12-19-45)70-59(77)42-73(4)65(83)53(37-46-20-13-9-14-21-46)71-63(81)54(38-47-25-29-50(76)30-26-47)74(5)60(78)43-88-51-23-17-22-49(40-51)56(31-27-48-28-32-57(86-6)58(39-48)87-7)90-67(85)55-41-69-33-35-75(55)66(84)62(68)80/h8-9,11-15,17-26,28-30,32,39-40,52-56,69,76H,10,16,27,31,33-38,41-44H2,1-7H3,(H,70,77)(H,71,81)/t52-,53-,54+,55+,56-/m1/s1. The molecule has 4 N–H and O–H groups in total. The van der Waals surface area contributed by atoms with Crippen LogP contribution in [-0.2, 0) is 78.3 Å². The second kappa shape index (κ2) is 32.6. The lowest BCUT2D eigenvalue weighted by molar-refractivity contribution is -0.164. The van der Waals surface area contributed by atoms with Crippen LogP contribution in [0.5, 0.6) is 23.0 Å². The number of likely N-dealkylation sites (N-methyl/N-ethyl adjacent to an activating group) is 3. The third-order valence-corrected chi connectivity index (χ3v) is 15.7. The number of phenolic OH excluding ortho intramolecular Hbond substituents is 1. The van der Waals surface area contributed by atoms with Crippen molar-refractivity contribution in [1.82, 2.24) is 35.6 Å². The number of benzene rings is 5. The molecule has 6 amide bonds. The van der Waals surface area contributed by atoms with Gasteiger partial charge in [0, 0.05) is 72.7 Å². The van der Waals surface area contributed by atoms with Crippen molar-refractivity contribution in [3.05, 3.63) is 167 Å². The van der Waals surface area contributed by atoms with E-state index in [2.05, 4.69) is 16.0 Å². The van der Waals surface area contributed by atoms with E-state index in [1.54, 1.807) is 92.0 Å². The number of ether oxygens (including phenoxy) is 5. The van der Waals surface area contributed by atoms with Crippen molar-refractivity contribution in [2.24, 2.45) is 5.41 Å². The van der Waals surface area contributed by atoms with Crippen molar-refractivity contribution >= 4 is 53.2 Å². The number of cyclic esters (lactones) is 2. The number of fused-ring (bicyclic) bond motifs is 3. The summed E-state index contributed by atoms with van der Waals surface area (Å²) in [5, 5.41) is 19.0. The molecule has 90 heavy (non-hydrogen) atoms. The van der Waals surface area contributed by atoms with Gasteiger partial charge in [0.2, 0.25) is 29.4 Å². The Hall–Kier alpha value is -9.57. The van der Waals surface area contributed by atoms with E-state index in [1.807, 2.05) is 36.4 Å². The number of nitrogens with zero attached hydrogens (tertiary/aromatic N) is 4.